The van der Waals surface area contributed by atoms with Gasteiger partial charge >= 0.3 is 6.03 Å². The largest absolute Gasteiger partial charge is 0.494 e. The summed E-state index contributed by atoms with van der Waals surface area (Å²) in [6, 6.07) is 2.66. The van der Waals surface area contributed by atoms with Crippen molar-refractivity contribution in [1.29, 1.82) is 0 Å². The van der Waals surface area contributed by atoms with Gasteiger partial charge in [0.1, 0.15) is 17.2 Å². The highest BCUT2D eigenvalue weighted by molar-refractivity contribution is 6.99. The number of nitrogens with one attached hydrogen (secondary N) is 2. The van der Waals surface area contributed by atoms with E-state index in [1.54, 1.807) is 12.1 Å². The molecule has 0 bridgehead atoms. The van der Waals surface area contributed by atoms with Crippen LogP contribution in [0.1, 0.15) is 0 Å². The zero-order valence-electron chi connectivity index (χ0n) is 10.6. The summed E-state index contributed by atoms with van der Waals surface area (Å²) in [4.78, 5) is 11.9. The van der Waals surface area contributed by atoms with E-state index in [2.05, 4.69) is 19.4 Å². The molecule has 0 atom stereocenters. The van der Waals surface area contributed by atoms with Crippen molar-refractivity contribution in [3.8, 4) is 11.5 Å². The minimum Gasteiger partial charge on any atom is -0.494 e. The van der Waals surface area contributed by atoms with Gasteiger partial charge in [0.2, 0.25) is 0 Å². The zero-order valence-corrected chi connectivity index (χ0v) is 12.2. The molecule has 1 heterocycles. The lowest BCUT2D eigenvalue weighted by atomic mass is 10.2. The molecule has 0 fully saturated rings. The van der Waals surface area contributed by atoms with Crippen LogP contribution in [-0.4, -0.2) is 29.0 Å². The van der Waals surface area contributed by atoms with Crippen molar-refractivity contribution in [2.75, 3.05) is 24.9 Å². The van der Waals surface area contributed by atoms with Crippen molar-refractivity contribution in [2.24, 2.45) is 0 Å². The second-order valence-electron chi connectivity index (χ2n) is 3.56. The molecule has 0 aliphatic rings. The van der Waals surface area contributed by atoms with E-state index in [1.165, 1.54) is 20.4 Å². The van der Waals surface area contributed by atoms with E-state index in [9.17, 15) is 4.79 Å². The first-order valence-corrected chi connectivity index (χ1v) is 6.52. The Morgan fingerprint density at radius 2 is 1.90 bits per heavy atom. The molecule has 0 aliphatic carbocycles. The average molecular weight is 315 g/mol. The van der Waals surface area contributed by atoms with Crippen molar-refractivity contribution in [2.45, 2.75) is 0 Å². The van der Waals surface area contributed by atoms with E-state index in [0.717, 1.165) is 11.7 Å². The first-order chi connectivity index (χ1) is 9.63. The number of methoxy groups -OCH3 is 2. The Morgan fingerprint density at radius 1 is 1.25 bits per heavy atom. The summed E-state index contributed by atoms with van der Waals surface area (Å²) in [5, 5.41) is 5.59. The van der Waals surface area contributed by atoms with Gasteiger partial charge in [-0.05, 0) is 0 Å². The van der Waals surface area contributed by atoms with Crippen LogP contribution in [0, 0.1) is 0 Å². The quantitative estimate of drug-likeness (QED) is 0.906. The molecule has 20 heavy (non-hydrogen) atoms. The molecule has 2 amide bonds. The van der Waals surface area contributed by atoms with E-state index >= 15 is 0 Å². The first kappa shape index (κ1) is 14.4. The Hall–Kier alpha value is -2.06. The summed E-state index contributed by atoms with van der Waals surface area (Å²) < 4.78 is 18.0. The van der Waals surface area contributed by atoms with E-state index in [1.807, 2.05) is 0 Å². The van der Waals surface area contributed by atoms with Crippen molar-refractivity contribution in [3.63, 3.8) is 0 Å². The Bertz CT molecular complexity index is 581. The Morgan fingerprint density at radius 3 is 2.40 bits per heavy atom. The van der Waals surface area contributed by atoms with Crippen molar-refractivity contribution >= 4 is 40.9 Å². The van der Waals surface area contributed by atoms with Crippen LogP contribution in [0.2, 0.25) is 5.02 Å². The number of amides is 2. The fourth-order valence-electron chi connectivity index (χ4n) is 1.48. The maximum Gasteiger partial charge on any atom is 0.325 e. The summed E-state index contributed by atoms with van der Waals surface area (Å²) in [6.45, 7) is 0. The van der Waals surface area contributed by atoms with Crippen LogP contribution in [-0.2, 0) is 0 Å². The fraction of sp³-hybridized carbons (Fsp3) is 0.182. The number of hydrogen-bond acceptors (Lipinski definition) is 6. The van der Waals surface area contributed by atoms with Crippen LogP contribution in [0.5, 0.6) is 11.5 Å². The lowest BCUT2D eigenvalue weighted by Crippen LogP contribution is -2.20. The number of nitrogens with zero attached hydrogens (tertiary/aromatic N) is 2. The van der Waals surface area contributed by atoms with Gasteiger partial charge in [-0.3, -0.25) is 5.32 Å². The van der Waals surface area contributed by atoms with Crippen LogP contribution in [0.4, 0.5) is 16.3 Å². The van der Waals surface area contributed by atoms with Gasteiger partial charge in [0.25, 0.3) is 0 Å². The highest BCUT2D eigenvalue weighted by Gasteiger charge is 2.15. The molecule has 0 saturated carbocycles. The number of urea groups is 1. The minimum absolute atomic E-state index is 0.361. The topological polar surface area (TPSA) is 85.4 Å². The minimum atomic E-state index is -0.489. The smallest absolute Gasteiger partial charge is 0.325 e. The maximum atomic E-state index is 11.9. The number of hydrogen-bond donors (Lipinski definition) is 2. The lowest BCUT2D eigenvalue weighted by molar-refractivity contribution is 0.262. The summed E-state index contributed by atoms with van der Waals surface area (Å²) in [5.41, 5.74) is 0.375. The fourth-order valence-corrected chi connectivity index (χ4v) is 2.06. The molecule has 2 rings (SSSR count). The Balaban J connectivity index is 2.21. The van der Waals surface area contributed by atoms with Gasteiger partial charge in [-0.1, -0.05) is 11.6 Å². The molecule has 0 aliphatic heterocycles. The van der Waals surface area contributed by atoms with Crippen LogP contribution in [0.3, 0.4) is 0 Å². The van der Waals surface area contributed by atoms with Crippen molar-refractivity contribution in [3.05, 3.63) is 23.4 Å². The molecular weight excluding hydrogens is 304 g/mol. The third-order valence-corrected chi connectivity index (χ3v) is 3.01. The average Bonchev–Trinajstić information content (AvgIpc) is 2.92. The van der Waals surface area contributed by atoms with E-state index in [0.29, 0.717) is 28.0 Å². The summed E-state index contributed by atoms with van der Waals surface area (Å²) in [7, 11) is 2.94. The van der Waals surface area contributed by atoms with Gasteiger partial charge in [0.15, 0.2) is 5.82 Å². The Kier molecular flexibility index (Phi) is 4.59. The van der Waals surface area contributed by atoms with Gasteiger partial charge in [0.05, 0.1) is 32.1 Å². The van der Waals surface area contributed by atoms with Crippen LogP contribution in [0.15, 0.2) is 18.3 Å². The molecule has 0 unspecified atom stereocenters. The van der Waals surface area contributed by atoms with E-state index < -0.39 is 6.03 Å². The maximum absolute atomic E-state index is 11.9. The summed E-state index contributed by atoms with van der Waals surface area (Å²) in [6.07, 6.45) is 1.45. The standard InChI is InChI=1S/C11H11ClN4O3S/c1-18-7-3-6(12)4-8(19-2)10(7)15-11(17)14-9-5-13-20-16-9/h3-5H,1-2H3,(H2,14,15,16,17). The molecule has 106 valence electrons. The number of carbonyl (C=O) groups excluding carboxylic acids is 1. The molecule has 0 radical (unpaired) electrons. The van der Waals surface area contributed by atoms with Crippen molar-refractivity contribution in [1.82, 2.24) is 8.75 Å². The van der Waals surface area contributed by atoms with Crippen LogP contribution < -0.4 is 20.1 Å². The van der Waals surface area contributed by atoms with E-state index in [-0.39, 0.29) is 0 Å². The molecular formula is C11H11ClN4O3S. The molecule has 7 nitrogen and oxygen atoms in total. The van der Waals surface area contributed by atoms with Gasteiger partial charge in [-0.2, -0.15) is 8.75 Å². The van der Waals surface area contributed by atoms with Crippen LogP contribution in [0.25, 0.3) is 0 Å². The predicted octanol–water partition coefficient (Wildman–Crippen LogP) is 2.85. The van der Waals surface area contributed by atoms with E-state index in [4.69, 9.17) is 21.1 Å². The molecule has 1 aromatic heterocycles. The summed E-state index contributed by atoms with van der Waals surface area (Å²) in [5.74, 6) is 1.14. The molecule has 9 heteroatoms. The number of aromatic nitrogens is 2. The number of benzene rings is 1. The number of carbonyl (C=O) groups is 1. The van der Waals surface area contributed by atoms with Crippen LogP contribution >= 0.6 is 23.3 Å². The monoisotopic (exact) mass is 314 g/mol. The molecule has 2 N–H and O–H groups in total. The number of anilines is 2. The second-order valence-corrected chi connectivity index (χ2v) is 4.55. The zero-order chi connectivity index (χ0) is 14.5. The third kappa shape index (κ3) is 3.28. The number of halogens is 1. The highest BCUT2D eigenvalue weighted by atomic mass is 35.5. The molecule has 1 aromatic carbocycles. The van der Waals surface area contributed by atoms with Crippen molar-refractivity contribution < 1.29 is 14.3 Å². The lowest BCUT2D eigenvalue weighted by Gasteiger charge is -2.14. The second kappa shape index (κ2) is 6.40. The third-order valence-electron chi connectivity index (χ3n) is 2.31. The predicted molar refractivity (Wildman–Crippen MR) is 77.1 cm³/mol. The normalized spacial score (nSPS) is 9.95. The summed E-state index contributed by atoms with van der Waals surface area (Å²) >= 11 is 6.92. The SMILES string of the molecule is COc1cc(Cl)cc(OC)c1NC(=O)Nc1cnsn1. The molecule has 2 aromatic rings. The first-order valence-electron chi connectivity index (χ1n) is 5.41. The number of rotatable bonds is 4. The van der Waals surface area contributed by atoms with Gasteiger partial charge in [-0.15, -0.1) is 0 Å². The highest BCUT2D eigenvalue weighted by Crippen LogP contribution is 2.37. The molecule has 0 spiro atoms. The van der Waals surface area contributed by atoms with Gasteiger partial charge in [-0.25, -0.2) is 4.79 Å². The Labute approximate surface area is 124 Å². The molecule has 0 saturated heterocycles. The van der Waals surface area contributed by atoms with Gasteiger partial charge < -0.3 is 14.8 Å². The van der Waals surface area contributed by atoms with Gasteiger partial charge in [0, 0.05) is 17.2 Å². The number of ether oxygens (including phenoxy) is 2.